The van der Waals surface area contributed by atoms with Gasteiger partial charge in [0.25, 0.3) is 0 Å². The number of anilines is 1. The Hall–Kier alpha value is -3.04. The summed E-state index contributed by atoms with van der Waals surface area (Å²) in [6.45, 7) is 8.75. The standard InChI is InChI=1S/C19H27N3O7/c1-12-11-28-16-14(10-22(12)18(25)27-7-6-26-13(2)23)8-15(9-20-16)21-17(24)29-19(3,4)5/h8-9,12H,6-7,10-11H2,1-5H3,(H,21,24)/t12-/m1/s1. The molecule has 1 aromatic heterocycles. The van der Waals surface area contributed by atoms with Crippen molar-refractivity contribution in [3.8, 4) is 5.88 Å². The summed E-state index contributed by atoms with van der Waals surface area (Å²) in [5.41, 5.74) is 0.396. The van der Waals surface area contributed by atoms with Gasteiger partial charge in [-0.25, -0.2) is 14.6 Å². The maximum atomic E-state index is 12.4. The number of carbonyl (C=O) groups excluding carboxylic acids is 3. The molecule has 2 rings (SSSR count). The van der Waals surface area contributed by atoms with Crippen LogP contribution >= 0.6 is 0 Å². The molecule has 0 bridgehead atoms. The number of esters is 1. The Balaban J connectivity index is 2.05. The average Bonchev–Trinajstić information content (AvgIpc) is 2.75. The second-order valence-corrected chi connectivity index (χ2v) is 7.56. The lowest BCUT2D eigenvalue weighted by Gasteiger charge is -2.25. The van der Waals surface area contributed by atoms with Crippen molar-refractivity contribution in [2.24, 2.45) is 0 Å². The van der Waals surface area contributed by atoms with E-state index in [-0.39, 0.29) is 32.4 Å². The lowest BCUT2D eigenvalue weighted by molar-refractivity contribution is -0.142. The first-order chi connectivity index (χ1) is 13.5. The summed E-state index contributed by atoms with van der Waals surface area (Å²) in [5.74, 6) is -0.0654. The third kappa shape index (κ3) is 7.13. The molecule has 0 saturated heterocycles. The van der Waals surface area contributed by atoms with Crippen molar-refractivity contribution >= 4 is 23.8 Å². The molecule has 1 aromatic rings. The third-order valence-corrected chi connectivity index (χ3v) is 3.75. The van der Waals surface area contributed by atoms with Gasteiger partial charge in [0.15, 0.2) is 0 Å². The Bertz CT molecular complexity index is 761. The maximum absolute atomic E-state index is 12.4. The highest BCUT2D eigenvalue weighted by molar-refractivity contribution is 5.84. The summed E-state index contributed by atoms with van der Waals surface area (Å²) >= 11 is 0. The predicted molar refractivity (Wildman–Crippen MR) is 103 cm³/mol. The van der Waals surface area contributed by atoms with Crippen molar-refractivity contribution in [1.29, 1.82) is 0 Å². The molecule has 1 atom stereocenters. The van der Waals surface area contributed by atoms with Gasteiger partial charge in [0, 0.05) is 12.5 Å². The van der Waals surface area contributed by atoms with Crippen molar-refractivity contribution in [2.45, 2.75) is 52.8 Å². The molecule has 10 nitrogen and oxygen atoms in total. The van der Waals surface area contributed by atoms with Crippen LogP contribution in [0.4, 0.5) is 15.3 Å². The Kier molecular flexibility index (Phi) is 7.24. The number of hydrogen-bond acceptors (Lipinski definition) is 8. The van der Waals surface area contributed by atoms with E-state index in [1.807, 2.05) is 6.92 Å². The van der Waals surface area contributed by atoms with Gasteiger partial charge in [0.2, 0.25) is 5.88 Å². The number of ether oxygens (including phenoxy) is 4. The minimum atomic E-state index is -0.631. The number of hydrogen-bond donors (Lipinski definition) is 1. The van der Waals surface area contributed by atoms with E-state index in [0.717, 1.165) is 0 Å². The van der Waals surface area contributed by atoms with Gasteiger partial charge in [-0.3, -0.25) is 15.0 Å². The molecule has 160 valence electrons. The number of nitrogens with zero attached hydrogens (tertiary/aromatic N) is 2. The van der Waals surface area contributed by atoms with Crippen LogP contribution in [0.5, 0.6) is 5.88 Å². The largest absolute Gasteiger partial charge is 0.475 e. The monoisotopic (exact) mass is 409 g/mol. The van der Waals surface area contributed by atoms with Crippen LogP contribution in [0.1, 0.15) is 40.2 Å². The molecule has 0 fully saturated rings. The predicted octanol–water partition coefficient (Wildman–Crippen LogP) is 2.71. The van der Waals surface area contributed by atoms with Crippen LogP contribution < -0.4 is 10.1 Å². The van der Waals surface area contributed by atoms with Crippen LogP contribution in [-0.2, 0) is 25.5 Å². The minimum absolute atomic E-state index is 0.0120. The molecule has 0 radical (unpaired) electrons. The molecule has 0 aromatic carbocycles. The van der Waals surface area contributed by atoms with Gasteiger partial charge in [0.05, 0.1) is 24.5 Å². The van der Waals surface area contributed by atoms with E-state index in [9.17, 15) is 14.4 Å². The number of nitrogens with one attached hydrogen (secondary N) is 1. The molecule has 1 aliphatic rings. The van der Waals surface area contributed by atoms with Gasteiger partial charge >= 0.3 is 18.2 Å². The Labute approximate surface area is 169 Å². The van der Waals surface area contributed by atoms with Crippen molar-refractivity contribution in [1.82, 2.24) is 9.88 Å². The van der Waals surface area contributed by atoms with Crippen LogP contribution in [0.25, 0.3) is 0 Å². The molecule has 0 spiro atoms. The van der Waals surface area contributed by atoms with Crippen molar-refractivity contribution < 1.29 is 33.3 Å². The zero-order valence-corrected chi connectivity index (χ0v) is 17.3. The van der Waals surface area contributed by atoms with E-state index >= 15 is 0 Å². The number of aromatic nitrogens is 1. The van der Waals surface area contributed by atoms with Crippen molar-refractivity contribution in [3.05, 3.63) is 17.8 Å². The Morgan fingerprint density at radius 1 is 1.28 bits per heavy atom. The van der Waals surface area contributed by atoms with Crippen LogP contribution in [0.15, 0.2) is 12.3 Å². The number of amides is 2. The highest BCUT2D eigenvalue weighted by Crippen LogP contribution is 2.26. The summed E-state index contributed by atoms with van der Waals surface area (Å²) in [6.07, 6.45) is 0.288. The first-order valence-corrected chi connectivity index (χ1v) is 9.23. The van der Waals surface area contributed by atoms with Crippen LogP contribution in [0.2, 0.25) is 0 Å². The topological polar surface area (TPSA) is 116 Å². The van der Waals surface area contributed by atoms with E-state index in [1.165, 1.54) is 18.0 Å². The fourth-order valence-corrected chi connectivity index (χ4v) is 2.50. The molecule has 0 aliphatic carbocycles. The van der Waals surface area contributed by atoms with Gasteiger partial charge in [-0.2, -0.15) is 0 Å². The number of rotatable bonds is 4. The highest BCUT2D eigenvalue weighted by Gasteiger charge is 2.28. The molecular weight excluding hydrogens is 382 g/mol. The van der Waals surface area contributed by atoms with Crippen LogP contribution in [0.3, 0.4) is 0 Å². The Morgan fingerprint density at radius 3 is 2.62 bits per heavy atom. The molecular formula is C19H27N3O7. The SMILES string of the molecule is CC(=O)OCCOC(=O)N1Cc2cc(NC(=O)OC(C)(C)C)cnc2OC[C@H]1C. The first kappa shape index (κ1) is 22.3. The third-order valence-electron chi connectivity index (χ3n) is 3.75. The fraction of sp³-hybridized carbons (Fsp3) is 0.579. The van der Waals surface area contributed by atoms with Crippen LogP contribution in [-0.4, -0.2) is 59.5 Å². The summed E-state index contributed by atoms with van der Waals surface area (Å²) in [4.78, 5) is 40.9. The smallest absolute Gasteiger partial charge is 0.412 e. The maximum Gasteiger partial charge on any atom is 0.412 e. The molecule has 0 unspecified atom stereocenters. The number of fused-ring (bicyclic) bond motifs is 1. The first-order valence-electron chi connectivity index (χ1n) is 9.23. The summed E-state index contributed by atoms with van der Waals surface area (Å²) in [7, 11) is 0. The fourth-order valence-electron chi connectivity index (χ4n) is 2.50. The zero-order chi connectivity index (χ0) is 21.6. The zero-order valence-electron chi connectivity index (χ0n) is 17.3. The van der Waals surface area contributed by atoms with Gasteiger partial charge in [-0.15, -0.1) is 0 Å². The van der Waals surface area contributed by atoms with Gasteiger partial charge in [0.1, 0.15) is 25.4 Å². The molecule has 10 heteroatoms. The van der Waals surface area contributed by atoms with Crippen molar-refractivity contribution in [3.63, 3.8) is 0 Å². The second-order valence-electron chi connectivity index (χ2n) is 7.56. The normalized spacial score (nSPS) is 16.0. The number of pyridine rings is 1. The highest BCUT2D eigenvalue weighted by atomic mass is 16.6. The van der Waals surface area contributed by atoms with Crippen LogP contribution in [0, 0.1) is 0 Å². The average molecular weight is 409 g/mol. The molecule has 2 amide bonds. The van der Waals surface area contributed by atoms with Gasteiger partial charge in [-0.05, 0) is 33.8 Å². The molecule has 1 N–H and O–H groups in total. The minimum Gasteiger partial charge on any atom is -0.475 e. The molecule has 29 heavy (non-hydrogen) atoms. The van der Waals surface area contributed by atoms with Gasteiger partial charge < -0.3 is 18.9 Å². The lowest BCUT2D eigenvalue weighted by atomic mass is 10.2. The quantitative estimate of drug-likeness (QED) is 0.458. The van der Waals surface area contributed by atoms with E-state index in [4.69, 9.17) is 18.9 Å². The second kappa shape index (κ2) is 9.44. The summed E-state index contributed by atoms with van der Waals surface area (Å²) in [6, 6.07) is 1.40. The lowest BCUT2D eigenvalue weighted by Crippen LogP contribution is -2.40. The number of carbonyl (C=O) groups is 3. The molecule has 2 heterocycles. The van der Waals surface area contributed by atoms with E-state index in [1.54, 1.807) is 26.8 Å². The summed E-state index contributed by atoms with van der Waals surface area (Å²) < 4.78 is 20.8. The van der Waals surface area contributed by atoms with E-state index in [0.29, 0.717) is 17.1 Å². The van der Waals surface area contributed by atoms with E-state index in [2.05, 4.69) is 10.3 Å². The van der Waals surface area contributed by atoms with E-state index < -0.39 is 23.8 Å². The Morgan fingerprint density at radius 2 is 1.97 bits per heavy atom. The van der Waals surface area contributed by atoms with Crippen molar-refractivity contribution in [2.75, 3.05) is 25.1 Å². The summed E-state index contributed by atoms with van der Waals surface area (Å²) in [5, 5.41) is 2.61. The van der Waals surface area contributed by atoms with Gasteiger partial charge in [-0.1, -0.05) is 0 Å². The molecule has 1 aliphatic heterocycles. The molecule has 0 saturated carbocycles.